The summed E-state index contributed by atoms with van der Waals surface area (Å²) in [6.45, 7) is 5.11. The molecule has 2 amide bonds. The van der Waals surface area contributed by atoms with Crippen LogP contribution >= 0.6 is 0 Å². The summed E-state index contributed by atoms with van der Waals surface area (Å²) >= 11 is 0. The Morgan fingerprint density at radius 2 is 2.11 bits per heavy atom. The Morgan fingerprint density at radius 1 is 1.29 bits per heavy atom. The standard InChI is InChI=1S/C19H22N6O3/c1-3-17-22-23-18(28-17)16-12-24(9-10-27-16)19(26)21-15-11-20-25(13(15)2)14-7-5-4-6-8-14/h4-8,11,16H,3,9-10,12H2,1-2H3,(H,21,26). The van der Waals surface area contributed by atoms with Crippen molar-refractivity contribution in [3.63, 3.8) is 0 Å². The van der Waals surface area contributed by atoms with Gasteiger partial charge in [0, 0.05) is 13.0 Å². The van der Waals surface area contributed by atoms with Gasteiger partial charge in [-0.25, -0.2) is 9.48 Å². The van der Waals surface area contributed by atoms with Crippen molar-refractivity contribution in [2.45, 2.75) is 26.4 Å². The summed E-state index contributed by atoms with van der Waals surface area (Å²) < 4.78 is 13.1. The fourth-order valence-corrected chi connectivity index (χ4v) is 3.08. The Morgan fingerprint density at radius 3 is 2.86 bits per heavy atom. The van der Waals surface area contributed by atoms with E-state index in [0.717, 1.165) is 11.4 Å². The van der Waals surface area contributed by atoms with Crippen LogP contribution in [0.5, 0.6) is 0 Å². The lowest BCUT2D eigenvalue weighted by Gasteiger charge is -2.31. The van der Waals surface area contributed by atoms with Gasteiger partial charge in [0.2, 0.25) is 11.8 Å². The number of carbonyl (C=O) groups excluding carboxylic acids is 1. The molecular formula is C19H22N6O3. The number of carbonyl (C=O) groups is 1. The Bertz CT molecular complexity index is 952. The molecule has 0 spiro atoms. The molecule has 1 aliphatic heterocycles. The van der Waals surface area contributed by atoms with Gasteiger partial charge in [0.25, 0.3) is 0 Å². The monoisotopic (exact) mass is 382 g/mol. The molecule has 4 rings (SSSR count). The number of amides is 2. The van der Waals surface area contributed by atoms with Crippen LogP contribution in [0.25, 0.3) is 5.69 Å². The van der Waals surface area contributed by atoms with Gasteiger partial charge in [0.05, 0.1) is 36.4 Å². The molecule has 0 aliphatic carbocycles. The van der Waals surface area contributed by atoms with Gasteiger partial charge in [0.15, 0.2) is 6.10 Å². The topological polar surface area (TPSA) is 98.3 Å². The summed E-state index contributed by atoms with van der Waals surface area (Å²) in [5, 5.41) is 15.3. The quantitative estimate of drug-likeness (QED) is 0.745. The van der Waals surface area contributed by atoms with Crippen LogP contribution in [0.1, 0.15) is 30.5 Å². The molecule has 1 aromatic carbocycles. The number of anilines is 1. The van der Waals surface area contributed by atoms with Crippen LogP contribution in [0, 0.1) is 6.92 Å². The predicted octanol–water partition coefficient (Wildman–Crippen LogP) is 2.73. The van der Waals surface area contributed by atoms with E-state index in [9.17, 15) is 4.79 Å². The Hall–Kier alpha value is -3.20. The number of urea groups is 1. The largest absolute Gasteiger partial charge is 0.422 e. The minimum atomic E-state index is -0.416. The summed E-state index contributed by atoms with van der Waals surface area (Å²) in [6.07, 6.45) is 1.90. The van der Waals surface area contributed by atoms with Crippen LogP contribution < -0.4 is 5.32 Å². The van der Waals surface area contributed by atoms with E-state index in [-0.39, 0.29) is 6.03 Å². The molecule has 9 nitrogen and oxygen atoms in total. The number of rotatable bonds is 4. The van der Waals surface area contributed by atoms with Crippen molar-refractivity contribution in [3.05, 3.63) is 54.0 Å². The van der Waals surface area contributed by atoms with Crippen molar-refractivity contribution in [2.24, 2.45) is 0 Å². The zero-order valence-electron chi connectivity index (χ0n) is 15.8. The number of ether oxygens (including phenoxy) is 1. The van der Waals surface area contributed by atoms with Gasteiger partial charge < -0.3 is 19.4 Å². The highest BCUT2D eigenvalue weighted by atomic mass is 16.5. The van der Waals surface area contributed by atoms with Gasteiger partial charge in [-0.15, -0.1) is 10.2 Å². The van der Waals surface area contributed by atoms with E-state index in [2.05, 4.69) is 20.6 Å². The fourth-order valence-electron chi connectivity index (χ4n) is 3.08. The molecule has 3 heterocycles. The molecule has 0 saturated carbocycles. The van der Waals surface area contributed by atoms with E-state index in [4.69, 9.17) is 9.15 Å². The van der Waals surface area contributed by atoms with E-state index in [0.29, 0.717) is 43.6 Å². The maximum absolute atomic E-state index is 12.8. The predicted molar refractivity (Wildman–Crippen MR) is 101 cm³/mol. The van der Waals surface area contributed by atoms with Crippen molar-refractivity contribution in [3.8, 4) is 5.69 Å². The number of aryl methyl sites for hydroxylation is 1. The van der Waals surface area contributed by atoms with Gasteiger partial charge in [-0.3, -0.25) is 0 Å². The van der Waals surface area contributed by atoms with E-state index in [1.165, 1.54) is 0 Å². The maximum Gasteiger partial charge on any atom is 0.322 e. The minimum Gasteiger partial charge on any atom is -0.422 e. The van der Waals surface area contributed by atoms with Gasteiger partial charge in [-0.1, -0.05) is 25.1 Å². The van der Waals surface area contributed by atoms with Crippen LogP contribution in [0.3, 0.4) is 0 Å². The second-order valence-electron chi connectivity index (χ2n) is 6.51. The molecule has 1 atom stereocenters. The summed E-state index contributed by atoms with van der Waals surface area (Å²) in [7, 11) is 0. The van der Waals surface area contributed by atoms with Crippen molar-refractivity contribution in [2.75, 3.05) is 25.0 Å². The molecule has 1 N–H and O–H groups in total. The fraction of sp³-hybridized carbons (Fsp3) is 0.368. The first kappa shape index (κ1) is 18.2. The average Bonchev–Trinajstić information content (AvgIpc) is 3.36. The zero-order chi connectivity index (χ0) is 19.5. The van der Waals surface area contributed by atoms with Crippen LogP contribution in [0.15, 0.2) is 40.9 Å². The lowest BCUT2D eigenvalue weighted by molar-refractivity contribution is -0.0275. The van der Waals surface area contributed by atoms with Crippen LogP contribution in [-0.4, -0.2) is 50.6 Å². The van der Waals surface area contributed by atoms with Crippen molar-refractivity contribution in [1.29, 1.82) is 0 Å². The maximum atomic E-state index is 12.8. The summed E-state index contributed by atoms with van der Waals surface area (Å²) in [5.41, 5.74) is 2.46. The molecule has 1 unspecified atom stereocenters. The molecule has 28 heavy (non-hydrogen) atoms. The normalized spacial score (nSPS) is 16.9. The van der Waals surface area contributed by atoms with Crippen LogP contribution in [0.2, 0.25) is 0 Å². The number of hydrogen-bond acceptors (Lipinski definition) is 6. The molecule has 1 saturated heterocycles. The molecule has 2 aromatic heterocycles. The second-order valence-corrected chi connectivity index (χ2v) is 6.51. The number of para-hydroxylation sites is 1. The number of nitrogens with one attached hydrogen (secondary N) is 1. The van der Waals surface area contributed by atoms with Crippen molar-refractivity contribution < 1.29 is 13.9 Å². The first-order valence-corrected chi connectivity index (χ1v) is 9.25. The highest BCUT2D eigenvalue weighted by Crippen LogP contribution is 2.23. The number of hydrogen-bond donors (Lipinski definition) is 1. The van der Waals surface area contributed by atoms with Gasteiger partial charge in [-0.2, -0.15) is 5.10 Å². The lowest BCUT2D eigenvalue weighted by atomic mass is 10.3. The molecule has 0 radical (unpaired) electrons. The smallest absolute Gasteiger partial charge is 0.322 e. The van der Waals surface area contributed by atoms with Crippen LogP contribution in [0.4, 0.5) is 10.5 Å². The third-order valence-electron chi connectivity index (χ3n) is 4.67. The van der Waals surface area contributed by atoms with Crippen molar-refractivity contribution >= 4 is 11.7 Å². The Labute approximate surface area is 162 Å². The lowest BCUT2D eigenvalue weighted by Crippen LogP contribution is -2.44. The first-order chi connectivity index (χ1) is 13.7. The molecule has 146 valence electrons. The number of aromatic nitrogens is 4. The SMILES string of the molecule is CCc1nnc(C2CN(C(=O)Nc3cnn(-c4ccccc4)c3C)CCO2)o1. The highest BCUT2D eigenvalue weighted by Gasteiger charge is 2.29. The van der Waals surface area contributed by atoms with Gasteiger partial charge in [0.1, 0.15) is 0 Å². The number of morpholine rings is 1. The summed E-state index contributed by atoms with van der Waals surface area (Å²) in [4.78, 5) is 14.4. The van der Waals surface area contributed by atoms with E-state index < -0.39 is 6.10 Å². The summed E-state index contributed by atoms with van der Waals surface area (Å²) in [5.74, 6) is 0.964. The van der Waals surface area contributed by atoms with Crippen LogP contribution in [-0.2, 0) is 11.2 Å². The molecule has 1 aliphatic rings. The molecule has 0 bridgehead atoms. The zero-order valence-corrected chi connectivity index (χ0v) is 15.8. The minimum absolute atomic E-state index is 0.209. The Balaban J connectivity index is 1.44. The Kier molecular flexibility index (Phi) is 5.07. The van der Waals surface area contributed by atoms with E-state index in [1.807, 2.05) is 44.2 Å². The van der Waals surface area contributed by atoms with Gasteiger partial charge >= 0.3 is 6.03 Å². The molecular weight excluding hydrogens is 360 g/mol. The third-order valence-corrected chi connectivity index (χ3v) is 4.67. The number of nitrogens with zero attached hydrogens (tertiary/aromatic N) is 5. The third kappa shape index (κ3) is 3.61. The molecule has 3 aromatic rings. The highest BCUT2D eigenvalue weighted by molar-refractivity contribution is 5.90. The van der Waals surface area contributed by atoms with E-state index in [1.54, 1.807) is 15.8 Å². The molecule has 9 heteroatoms. The average molecular weight is 382 g/mol. The first-order valence-electron chi connectivity index (χ1n) is 9.25. The summed E-state index contributed by atoms with van der Waals surface area (Å²) in [6, 6.07) is 9.57. The molecule has 1 fully saturated rings. The number of benzene rings is 1. The van der Waals surface area contributed by atoms with E-state index >= 15 is 0 Å². The van der Waals surface area contributed by atoms with Gasteiger partial charge in [-0.05, 0) is 19.1 Å². The van der Waals surface area contributed by atoms with Crippen molar-refractivity contribution in [1.82, 2.24) is 24.9 Å². The second kappa shape index (κ2) is 7.81.